The molecule has 0 atom stereocenters. The fraction of sp³-hybridized carbons (Fsp3) is 0. The molecule has 0 unspecified atom stereocenters. The Balaban J connectivity index is 1.14. The monoisotopic (exact) mass is 702 g/mol. The van der Waals surface area contributed by atoms with Gasteiger partial charge in [-0.2, -0.15) is 0 Å². The molecule has 0 bridgehead atoms. The summed E-state index contributed by atoms with van der Waals surface area (Å²) in [4.78, 5) is 0. The molecular formula is C52H30O3. The Morgan fingerprint density at radius 1 is 0.273 bits per heavy atom. The molecule has 256 valence electrons. The van der Waals surface area contributed by atoms with E-state index in [2.05, 4.69) is 164 Å². The normalized spacial score (nSPS) is 12.0. The summed E-state index contributed by atoms with van der Waals surface area (Å²) in [6, 6.07) is 64.1. The molecule has 12 aromatic rings. The Morgan fingerprint density at radius 3 is 1.51 bits per heavy atom. The first-order valence-electron chi connectivity index (χ1n) is 18.7. The van der Waals surface area contributed by atoms with Crippen molar-refractivity contribution < 1.29 is 13.3 Å². The lowest BCUT2D eigenvalue weighted by molar-refractivity contribution is 0.629. The van der Waals surface area contributed by atoms with Crippen LogP contribution in [0.15, 0.2) is 195 Å². The van der Waals surface area contributed by atoms with E-state index in [0.29, 0.717) is 0 Å². The maximum absolute atomic E-state index is 6.94. The highest BCUT2D eigenvalue weighted by Crippen LogP contribution is 2.50. The molecule has 3 nitrogen and oxygen atoms in total. The van der Waals surface area contributed by atoms with Gasteiger partial charge in [-0.1, -0.05) is 158 Å². The Bertz CT molecular complexity index is 3420. The van der Waals surface area contributed by atoms with Gasteiger partial charge in [0.2, 0.25) is 0 Å². The maximum atomic E-state index is 6.94. The van der Waals surface area contributed by atoms with Crippen LogP contribution in [0.5, 0.6) is 0 Å². The summed E-state index contributed by atoms with van der Waals surface area (Å²) < 4.78 is 20.0. The van der Waals surface area contributed by atoms with E-state index in [-0.39, 0.29) is 0 Å². The second-order valence-corrected chi connectivity index (χ2v) is 14.3. The number of rotatable bonds is 4. The zero-order valence-electron chi connectivity index (χ0n) is 29.5. The van der Waals surface area contributed by atoms with Crippen molar-refractivity contribution in [2.45, 2.75) is 0 Å². The number of para-hydroxylation sites is 2. The van der Waals surface area contributed by atoms with Crippen molar-refractivity contribution in [2.24, 2.45) is 0 Å². The van der Waals surface area contributed by atoms with Crippen molar-refractivity contribution in [3.05, 3.63) is 182 Å². The number of hydrogen-bond acceptors (Lipinski definition) is 3. The van der Waals surface area contributed by atoms with Crippen LogP contribution < -0.4 is 0 Å². The standard InChI is InChI=1S/C52H30O3/c1-3-15-31(16-4-1)47-42-29-41-37-24-13-26-40(52(37)55-45(41)30-46(42)54-51(47)32-17-5-2-6-18-32)49-35-21-9-7-19-33(35)48(34-20-8-10-22-36(34)49)39-25-14-28-44-50(39)38-23-11-12-27-43(38)53-44/h1-30H. The van der Waals surface area contributed by atoms with Gasteiger partial charge in [-0.25, -0.2) is 0 Å². The average molecular weight is 703 g/mol. The molecule has 0 aliphatic rings. The lowest BCUT2D eigenvalue weighted by Crippen LogP contribution is -1.91. The molecule has 0 spiro atoms. The topological polar surface area (TPSA) is 39.4 Å². The Labute approximate surface area is 315 Å². The Morgan fingerprint density at radius 2 is 0.800 bits per heavy atom. The van der Waals surface area contributed by atoms with Gasteiger partial charge < -0.3 is 13.3 Å². The van der Waals surface area contributed by atoms with Gasteiger partial charge in [-0.15, -0.1) is 0 Å². The van der Waals surface area contributed by atoms with Crippen LogP contribution in [0.25, 0.3) is 121 Å². The fourth-order valence-corrected chi connectivity index (χ4v) is 8.96. The molecule has 0 fully saturated rings. The third-order valence-electron chi connectivity index (χ3n) is 11.3. The van der Waals surface area contributed by atoms with Gasteiger partial charge in [0.1, 0.15) is 33.7 Å². The second-order valence-electron chi connectivity index (χ2n) is 14.3. The highest BCUT2D eigenvalue weighted by Gasteiger charge is 2.24. The summed E-state index contributed by atoms with van der Waals surface area (Å²) in [6.07, 6.45) is 0. The van der Waals surface area contributed by atoms with Crippen LogP contribution in [0, 0.1) is 0 Å². The smallest absolute Gasteiger partial charge is 0.143 e. The van der Waals surface area contributed by atoms with Crippen LogP contribution >= 0.6 is 0 Å². The molecule has 0 amide bonds. The van der Waals surface area contributed by atoms with Gasteiger partial charge in [-0.05, 0) is 56.4 Å². The minimum absolute atomic E-state index is 0.798. The molecule has 0 saturated carbocycles. The molecule has 0 radical (unpaired) electrons. The van der Waals surface area contributed by atoms with Crippen LogP contribution in [0.1, 0.15) is 0 Å². The Hall–Kier alpha value is -7.36. The molecule has 3 aromatic heterocycles. The summed E-state index contributed by atoms with van der Waals surface area (Å²) in [7, 11) is 0. The number of furan rings is 3. The van der Waals surface area contributed by atoms with Crippen molar-refractivity contribution in [2.75, 3.05) is 0 Å². The zero-order valence-corrected chi connectivity index (χ0v) is 29.5. The van der Waals surface area contributed by atoms with E-state index < -0.39 is 0 Å². The first-order chi connectivity index (χ1) is 27.3. The minimum Gasteiger partial charge on any atom is -0.456 e. The molecular weight excluding hydrogens is 673 g/mol. The van der Waals surface area contributed by atoms with Crippen LogP contribution in [0.3, 0.4) is 0 Å². The van der Waals surface area contributed by atoms with E-state index in [1.54, 1.807) is 0 Å². The molecule has 55 heavy (non-hydrogen) atoms. The van der Waals surface area contributed by atoms with Gasteiger partial charge in [0, 0.05) is 55.3 Å². The summed E-state index contributed by atoms with van der Waals surface area (Å²) in [5.74, 6) is 0.858. The Kier molecular flexibility index (Phi) is 6.34. The zero-order chi connectivity index (χ0) is 36.0. The number of benzene rings is 9. The van der Waals surface area contributed by atoms with Gasteiger partial charge in [-0.3, -0.25) is 0 Å². The van der Waals surface area contributed by atoms with Gasteiger partial charge in [0.05, 0.1) is 0 Å². The second kappa shape index (κ2) is 11.6. The highest BCUT2D eigenvalue weighted by molar-refractivity contribution is 6.27. The molecule has 0 saturated heterocycles. The van der Waals surface area contributed by atoms with Crippen molar-refractivity contribution in [3.8, 4) is 44.7 Å². The quantitative estimate of drug-likeness (QED) is 0.171. The van der Waals surface area contributed by atoms with Crippen LogP contribution in [0.4, 0.5) is 0 Å². The molecule has 9 aromatic carbocycles. The van der Waals surface area contributed by atoms with Crippen molar-refractivity contribution in [1.82, 2.24) is 0 Å². The van der Waals surface area contributed by atoms with E-state index in [1.165, 1.54) is 27.1 Å². The van der Waals surface area contributed by atoms with E-state index in [4.69, 9.17) is 13.3 Å². The van der Waals surface area contributed by atoms with Crippen LogP contribution in [-0.2, 0) is 0 Å². The van der Waals surface area contributed by atoms with Crippen LogP contribution in [-0.4, -0.2) is 0 Å². The third-order valence-corrected chi connectivity index (χ3v) is 11.3. The highest BCUT2D eigenvalue weighted by atomic mass is 16.3. The number of fused-ring (bicyclic) bond motifs is 9. The van der Waals surface area contributed by atoms with Gasteiger partial charge in [0.15, 0.2) is 0 Å². The van der Waals surface area contributed by atoms with E-state index >= 15 is 0 Å². The predicted molar refractivity (Wildman–Crippen MR) is 228 cm³/mol. The molecule has 0 N–H and O–H groups in total. The van der Waals surface area contributed by atoms with E-state index in [0.717, 1.165) is 94.0 Å². The molecule has 0 aliphatic heterocycles. The lowest BCUT2D eigenvalue weighted by atomic mass is 9.84. The largest absolute Gasteiger partial charge is 0.456 e. The van der Waals surface area contributed by atoms with Crippen molar-refractivity contribution in [1.29, 1.82) is 0 Å². The average Bonchev–Trinajstić information content (AvgIpc) is 3.94. The SMILES string of the molecule is c1ccc(-c2oc3cc4oc5c(-c6c7ccccc7c(-c7cccc8oc9ccccc9c78)c7ccccc67)cccc5c4cc3c2-c2ccccc2)cc1. The van der Waals surface area contributed by atoms with Gasteiger partial charge in [0.25, 0.3) is 0 Å². The van der Waals surface area contributed by atoms with Crippen molar-refractivity contribution >= 4 is 76.4 Å². The fourth-order valence-electron chi connectivity index (χ4n) is 8.96. The maximum Gasteiger partial charge on any atom is 0.143 e. The third kappa shape index (κ3) is 4.38. The van der Waals surface area contributed by atoms with Crippen LogP contribution in [0.2, 0.25) is 0 Å². The minimum atomic E-state index is 0.798. The first kappa shape index (κ1) is 30.1. The van der Waals surface area contributed by atoms with E-state index in [1.807, 2.05) is 18.2 Å². The summed E-state index contributed by atoms with van der Waals surface area (Å²) in [6.45, 7) is 0. The summed E-state index contributed by atoms with van der Waals surface area (Å²) in [5.41, 5.74) is 12.1. The predicted octanol–water partition coefficient (Wildman–Crippen LogP) is 15.2. The number of hydrogen-bond donors (Lipinski definition) is 0. The molecule has 12 rings (SSSR count). The first-order valence-corrected chi connectivity index (χ1v) is 18.7. The van der Waals surface area contributed by atoms with E-state index in [9.17, 15) is 0 Å². The summed E-state index contributed by atoms with van der Waals surface area (Å²) in [5, 5.41) is 10.1. The lowest BCUT2D eigenvalue weighted by Gasteiger charge is -2.18. The van der Waals surface area contributed by atoms with Gasteiger partial charge >= 0.3 is 0 Å². The molecule has 3 heterocycles. The molecule has 0 aliphatic carbocycles. The molecule has 3 heteroatoms. The van der Waals surface area contributed by atoms with Crippen molar-refractivity contribution in [3.63, 3.8) is 0 Å². The summed E-state index contributed by atoms with van der Waals surface area (Å²) >= 11 is 0.